The van der Waals surface area contributed by atoms with Crippen LogP contribution in [0.3, 0.4) is 0 Å². The molecule has 94 valence electrons. The topological polar surface area (TPSA) is 58.3 Å². The summed E-state index contributed by atoms with van der Waals surface area (Å²) < 4.78 is 0. The van der Waals surface area contributed by atoms with Crippen LogP contribution in [0, 0.1) is 5.92 Å². The van der Waals surface area contributed by atoms with Crippen molar-refractivity contribution in [3.8, 4) is 0 Å². The lowest BCUT2D eigenvalue weighted by atomic mass is 9.89. The molecular formula is C14H22N2O. The summed E-state index contributed by atoms with van der Waals surface area (Å²) in [6, 6.07) is 8.48. The van der Waals surface area contributed by atoms with Crippen LogP contribution in [0.25, 0.3) is 0 Å². The van der Waals surface area contributed by atoms with Crippen LogP contribution in [0.4, 0.5) is 0 Å². The Morgan fingerprint density at radius 3 is 2.59 bits per heavy atom. The van der Waals surface area contributed by atoms with Crippen LogP contribution in [0.5, 0.6) is 0 Å². The second-order valence-corrected chi connectivity index (χ2v) is 4.88. The third kappa shape index (κ3) is 3.53. The molecule has 4 N–H and O–H groups in total. The molecule has 1 aromatic rings. The molecule has 2 atom stereocenters. The fraction of sp³-hybridized carbons (Fsp3) is 0.571. The number of hydrogen-bond donors (Lipinski definition) is 3. The standard InChI is InChI=1S/C14H22N2O/c15-9-12-3-1-11(2-4-12)5-6-13-7-8-16-10-14(13)17/h1-4,13-14,16-17H,5-10,15H2. The van der Waals surface area contributed by atoms with Crippen molar-refractivity contribution >= 4 is 0 Å². The molecule has 1 aliphatic heterocycles. The van der Waals surface area contributed by atoms with Crippen LogP contribution >= 0.6 is 0 Å². The normalized spacial score (nSPS) is 24.8. The number of piperidine rings is 1. The summed E-state index contributed by atoms with van der Waals surface area (Å²) in [5.41, 5.74) is 8.09. The Morgan fingerprint density at radius 2 is 1.94 bits per heavy atom. The lowest BCUT2D eigenvalue weighted by Crippen LogP contribution is -2.40. The number of aliphatic hydroxyl groups excluding tert-OH is 1. The van der Waals surface area contributed by atoms with E-state index in [1.807, 2.05) is 0 Å². The zero-order chi connectivity index (χ0) is 12.1. The van der Waals surface area contributed by atoms with E-state index >= 15 is 0 Å². The average Bonchev–Trinajstić information content (AvgIpc) is 2.38. The summed E-state index contributed by atoms with van der Waals surface area (Å²) in [4.78, 5) is 0. The average molecular weight is 234 g/mol. The molecule has 2 rings (SSSR count). The summed E-state index contributed by atoms with van der Waals surface area (Å²) in [5.74, 6) is 0.449. The van der Waals surface area contributed by atoms with E-state index in [2.05, 4.69) is 29.6 Å². The number of rotatable bonds is 4. The van der Waals surface area contributed by atoms with Gasteiger partial charge in [-0.05, 0) is 42.9 Å². The molecule has 1 aliphatic rings. The van der Waals surface area contributed by atoms with E-state index in [0.717, 1.165) is 32.4 Å². The smallest absolute Gasteiger partial charge is 0.0693 e. The van der Waals surface area contributed by atoms with Crippen molar-refractivity contribution in [3.63, 3.8) is 0 Å². The monoisotopic (exact) mass is 234 g/mol. The van der Waals surface area contributed by atoms with E-state index in [1.54, 1.807) is 0 Å². The van der Waals surface area contributed by atoms with Gasteiger partial charge in [-0.1, -0.05) is 24.3 Å². The molecule has 0 aromatic heterocycles. The fourth-order valence-electron chi connectivity index (χ4n) is 2.43. The van der Waals surface area contributed by atoms with Gasteiger partial charge in [-0.25, -0.2) is 0 Å². The molecule has 3 heteroatoms. The predicted octanol–water partition coefficient (Wildman–Crippen LogP) is 1.05. The van der Waals surface area contributed by atoms with E-state index in [9.17, 15) is 5.11 Å². The van der Waals surface area contributed by atoms with Crippen LogP contribution in [-0.2, 0) is 13.0 Å². The lowest BCUT2D eigenvalue weighted by Gasteiger charge is -2.28. The third-order valence-electron chi connectivity index (χ3n) is 3.65. The highest BCUT2D eigenvalue weighted by atomic mass is 16.3. The second kappa shape index (κ2) is 6.15. The van der Waals surface area contributed by atoms with Crippen LogP contribution in [0.1, 0.15) is 24.0 Å². The number of hydrogen-bond acceptors (Lipinski definition) is 3. The molecule has 17 heavy (non-hydrogen) atoms. The van der Waals surface area contributed by atoms with Crippen molar-refractivity contribution in [3.05, 3.63) is 35.4 Å². The van der Waals surface area contributed by atoms with Crippen molar-refractivity contribution in [2.45, 2.75) is 31.9 Å². The highest BCUT2D eigenvalue weighted by Crippen LogP contribution is 2.19. The Kier molecular flexibility index (Phi) is 4.54. The van der Waals surface area contributed by atoms with Crippen molar-refractivity contribution in [1.82, 2.24) is 5.32 Å². The molecule has 0 spiro atoms. The van der Waals surface area contributed by atoms with Gasteiger partial charge < -0.3 is 16.2 Å². The minimum Gasteiger partial charge on any atom is -0.392 e. The molecule has 3 nitrogen and oxygen atoms in total. The number of nitrogens with two attached hydrogens (primary N) is 1. The van der Waals surface area contributed by atoms with Gasteiger partial charge in [0.1, 0.15) is 0 Å². The van der Waals surface area contributed by atoms with Crippen molar-refractivity contribution in [2.24, 2.45) is 11.7 Å². The van der Waals surface area contributed by atoms with E-state index in [0.29, 0.717) is 12.5 Å². The Morgan fingerprint density at radius 1 is 1.24 bits per heavy atom. The van der Waals surface area contributed by atoms with Crippen molar-refractivity contribution in [1.29, 1.82) is 0 Å². The maximum absolute atomic E-state index is 9.85. The molecule has 1 saturated heterocycles. The number of aliphatic hydroxyl groups is 1. The first-order chi connectivity index (χ1) is 8.29. The Labute approximate surface area is 103 Å². The molecule has 1 aromatic carbocycles. The van der Waals surface area contributed by atoms with E-state index in [1.165, 1.54) is 11.1 Å². The maximum atomic E-state index is 9.85. The summed E-state index contributed by atoms with van der Waals surface area (Å²) >= 11 is 0. The summed E-state index contributed by atoms with van der Waals surface area (Å²) in [6.45, 7) is 2.39. The van der Waals surface area contributed by atoms with Gasteiger partial charge in [0.15, 0.2) is 0 Å². The molecular weight excluding hydrogens is 212 g/mol. The number of benzene rings is 1. The van der Waals surface area contributed by atoms with Crippen molar-refractivity contribution < 1.29 is 5.11 Å². The minimum absolute atomic E-state index is 0.174. The minimum atomic E-state index is -0.174. The summed E-state index contributed by atoms with van der Waals surface area (Å²) in [7, 11) is 0. The zero-order valence-electron chi connectivity index (χ0n) is 10.2. The zero-order valence-corrected chi connectivity index (χ0v) is 10.2. The van der Waals surface area contributed by atoms with Gasteiger partial charge in [0, 0.05) is 13.1 Å². The van der Waals surface area contributed by atoms with Crippen LogP contribution in [0.2, 0.25) is 0 Å². The highest BCUT2D eigenvalue weighted by molar-refractivity contribution is 5.22. The largest absolute Gasteiger partial charge is 0.392 e. The SMILES string of the molecule is NCc1ccc(CCC2CCNCC2O)cc1. The Balaban J connectivity index is 1.84. The van der Waals surface area contributed by atoms with Crippen LogP contribution in [-0.4, -0.2) is 24.3 Å². The van der Waals surface area contributed by atoms with Crippen LogP contribution < -0.4 is 11.1 Å². The van der Waals surface area contributed by atoms with Gasteiger partial charge in [0.2, 0.25) is 0 Å². The maximum Gasteiger partial charge on any atom is 0.0693 e. The molecule has 0 radical (unpaired) electrons. The number of aryl methyl sites for hydroxylation is 1. The predicted molar refractivity (Wildman–Crippen MR) is 69.6 cm³/mol. The first-order valence-corrected chi connectivity index (χ1v) is 6.46. The quantitative estimate of drug-likeness (QED) is 0.730. The van der Waals surface area contributed by atoms with Gasteiger partial charge >= 0.3 is 0 Å². The van der Waals surface area contributed by atoms with Crippen LogP contribution in [0.15, 0.2) is 24.3 Å². The van der Waals surface area contributed by atoms with Gasteiger partial charge in [-0.2, -0.15) is 0 Å². The first kappa shape index (κ1) is 12.6. The van der Waals surface area contributed by atoms with E-state index < -0.39 is 0 Å². The molecule has 0 bridgehead atoms. The second-order valence-electron chi connectivity index (χ2n) is 4.88. The molecule has 1 heterocycles. The third-order valence-corrected chi connectivity index (χ3v) is 3.65. The lowest BCUT2D eigenvalue weighted by molar-refractivity contribution is 0.0774. The molecule has 0 amide bonds. The molecule has 2 unspecified atom stereocenters. The number of β-amino-alcohol motifs (C(OH)–C–C–N with tert-alkyl or cyclic N) is 1. The molecule has 0 aliphatic carbocycles. The Bertz CT molecular complexity index is 337. The summed E-state index contributed by atoms with van der Waals surface area (Å²) in [6.07, 6.45) is 3.03. The number of nitrogens with one attached hydrogen (secondary N) is 1. The van der Waals surface area contributed by atoms with Gasteiger partial charge in [0.25, 0.3) is 0 Å². The van der Waals surface area contributed by atoms with Crippen molar-refractivity contribution in [2.75, 3.05) is 13.1 Å². The molecule has 0 saturated carbocycles. The Hall–Kier alpha value is -0.900. The van der Waals surface area contributed by atoms with Gasteiger partial charge in [-0.15, -0.1) is 0 Å². The highest BCUT2D eigenvalue weighted by Gasteiger charge is 2.22. The summed E-state index contributed by atoms with van der Waals surface area (Å²) in [5, 5.41) is 13.1. The van der Waals surface area contributed by atoms with E-state index in [-0.39, 0.29) is 6.10 Å². The molecule has 1 fully saturated rings. The van der Waals surface area contributed by atoms with E-state index in [4.69, 9.17) is 5.73 Å². The fourth-order valence-corrected chi connectivity index (χ4v) is 2.43. The van der Waals surface area contributed by atoms with Gasteiger partial charge in [-0.3, -0.25) is 0 Å². The first-order valence-electron chi connectivity index (χ1n) is 6.46. The van der Waals surface area contributed by atoms with Gasteiger partial charge in [0.05, 0.1) is 6.10 Å².